The lowest BCUT2D eigenvalue weighted by Gasteiger charge is -2.15. The molecule has 0 unspecified atom stereocenters. The van der Waals surface area contributed by atoms with Gasteiger partial charge in [0.1, 0.15) is 6.54 Å². The van der Waals surface area contributed by atoms with Crippen molar-refractivity contribution in [2.24, 2.45) is 0 Å². The molecule has 0 atom stereocenters. The number of carbonyl (C=O) groups is 1. The maximum absolute atomic E-state index is 13.2. The van der Waals surface area contributed by atoms with Gasteiger partial charge in [-0.2, -0.15) is 5.26 Å². The quantitative estimate of drug-likeness (QED) is 0.321. The second-order valence-corrected chi connectivity index (χ2v) is 8.02. The van der Waals surface area contributed by atoms with Gasteiger partial charge in [0.2, 0.25) is 0 Å². The molecular formula is C28H34N4O3. The molecule has 3 aromatic rings. The number of carbonyl (C=O) groups excluding carboxylic acids is 1. The summed E-state index contributed by atoms with van der Waals surface area (Å²) in [6, 6.07) is 18.8. The van der Waals surface area contributed by atoms with E-state index < -0.39 is 11.5 Å². The lowest BCUT2D eigenvalue weighted by Crippen LogP contribution is -2.30. The Morgan fingerprint density at radius 3 is 2.40 bits per heavy atom. The van der Waals surface area contributed by atoms with E-state index in [4.69, 9.17) is 10.00 Å². The van der Waals surface area contributed by atoms with E-state index in [-0.39, 0.29) is 12.4 Å². The second kappa shape index (κ2) is 15.1. The van der Waals surface area contributed by atoms with E-state index in [1.807, 2.05) is 37.3 Å². The van der Waals surface area contributed by atoms with Gasteiger partial charge in [-0.1, -0.05) is 76.1 Å². The summed E-state index contributed by atoms with van der Waals surface area (Å²) in [4.78, 5) is 29.9. The van der Waals surface area contributed by atoms with Crippen molar-refractivity contribution in [3.63, 3.8) is 0 Å². The van der Waals surface area contributed by atoms with Crippen molar-refractivity contribution >= 4 is 11.8 Å². The van der Waals surface area contributed by atoms with Crippen molar-refractivity contribution in [1.29, 1.82) is 5.26 Å². The average Bonchev–Trinajstić information content (AvgIpc) is 2.87. The van der Waals surface area contributed by atoms with Crippen LogP contribution in [-0.4, -0.2) is 28.7 Å². The van der Waals surface area contributed by atoms with Gasteiger partial charge in [-0.15, -0.1) is 0 Å². The molecule has 0 aliphatic heterocycles. The molecule has 0 bridgehead atoms. The summed E-state index contributed by atoms with van der Waals surface area (Å²) >= 11 is 0. The van der Waals surface area contributed by atoms with Crippen molar-refractivity contribution in [2.45, 2.75) is 53.0 Å². The molecule has 2 aromatic carbocycles. The van der Waals surface area contributed by atoms with Gasteiger partial charge in [0.25, 0.3) is 5.56 Å². The number of hydrogen-bond acceptors (Lipinski definition) is 6. The number of esters is 1. The summed E-state index contributed by atoms with van der Waals surface area (Å²) in [5.41, 5.74) is 2.43. The van der Waals surface area contributed by atoms with Gasteiger partial charge in [-0.05, 0) is 36.1 Å². The minimum absolute atomic E-state index is 0.180. The minimum Gasteiger partial charge on any atom is -0.464 e. The van der Waals surface area contributed by atoms with Crippen LogP contribution >= 0.6 is 0 Å². The summed E-state index contributed by atoms with van der Waals surface area (Å²) in [6.45, 7) is 6.90. The lowest BCUT2D eigenvalue weighted by molar-refractivity contribution is -0.144. The molecule has 0 aliphatic carbocycles. The first-order valence-corrected chi connectivity index (χ1v) is 12.1. The average molecular weight is 475 g/mol. The number of rotatable bonds is 10. The summed E-state index contributed by atoms with van der Waals surface area (Å²) in [5, 5.41) is 12.1. The zero-order valence-corrected chi connectivity index (χ0v) is 20.8. The largest absolute Gasteiger partial charge is 0.464 e. The number of anilines is 1. The van der Waals surface area contributed by atoms with Gasteiger partial charge >= 0.3 is 5.97 Å². The van der Waals surface area contributed by atoms with Crippen LogP contribution in [0.4, 0.5) is 5.82 Å². The first-order valence-electron chi connectivity index (χ1n) is 12.1. The van der Waals surface area contributed by atoms with Gasteiger partial charge < -0.3 is 10.1 Å². The van der Waals surface area contributed by atoms with Crippen LogP contribution < -0.4 is 10.9 Å². The molecule has 184 valence electrons. The van der Waals surface area contributed by atoms with Crippen LogP contribution in [0.15, 0.2) is 65.6 Å². The van der Waals surface area contributed by atoms with E-state index in [9.17, 15) is 9.59 Å². The Morgan fingerprint density at radius 1 is 1.09 bits per heavy atom. The van der Waals surface area contributed by atoms with Gasteiger partial charge in [0.05, 0.1) is 30.1 Å². The number of hydrogen-bond donors (Lipinski definition) is 1. The number of nitrogens with one attached hydrogen (secondary N) is 1. The molecule has 35 heavy (non-hydrogen) atoms. The van der Waals surface area contributed by atoms with E-state index in [0.717, 1.165) is 24.8 Å². The van der Waals surface area contributed by atoms with E-state index in [1.165, 1.54) is 11.0 Å². The molecule has 0 amide bonds. The molecule has 1 aromatic heterocycles. The van der Waals surface area contributed by atoms with Crippen LogP contribution in [0.5, 0.6) is 0 Å². The first-order chi connectivity index (χ1) is 17.0. The number of unbranched alkanes of at least 4 members (excludes halogenated alkanes) is 1. The maximum atomic E-state index is 13.2. The second-order valence-electron chi connectivity index (χ2n) is 8.02. The number of ether oxygens (including phenoxy) is 1. The number of nitriles is 1. The van der Waals surface area contributed by atoms with Crippen molar-refractivity contribution in [3.8, 4) is 17.3 Å². The molecule has 1 heterocycles. The predicted octanol–water partition coefficient (Wildman–Crippen LogP) is 5.20. The van der Waals surface area contributed by atoms with E-state index in [2.05, 4.69) is 30.2 Å². The van der Waals surface area contributed by atoms with Gasteiger partial charge in [-0.25, -0.2) is 4.98 Å². The Hall–Kier alpha value is -3.92. The molecule has 0 radical (unpaired) electrons. The molecule has 1 N–H and O–H groups in total. The molecule has 7 heteroatoms. The Labute approximate surface area is 207 Å². The standard InChI is InChI=1S/C25H26N4O3.C3H8/c1-2-3-15-32-23(30)18-29-22(21-11-9-20(16-26)10-12-21)17-28-24(25(29)31)27-14-13-19-7-5-4-6-8-19;1-3-2/h4-12,17H,2-3,13-15,18H2,1H3,(H,27,28);3H2,1-2H3. The monoisotopic (exact) mass is 474 g/mol. The van der Waals surface area contributed by atoms with Crippen LogP contribution in [0.1, 0.15) is 51.2 Å². The number of benzene rings is 2. The lowest BCUT2D eigenvalue weighted by atomic mass is 10.1. The third-order valence-corrected chi connectivity index (χ3v) is 4.96. The fraction of sp³-hybridized carbons (Fsp3) is 0.357. The van der Waals surface area contributed by atoms with Crippen LogP contribution in [0, 0.1) is 11.3 Å². The topological polar surface area (TPSA) is 97.0 Å². The van der Waals surface area contributed by atoms with Crippen molar-refractivity contribution in [3.05, 3.63) is 82.3 Å². The van der Waals surface area contributed by atoms with Crippen LogP contribution in [0.25, 0.3) is 11.3 Å². The molecule has 0 saturated carbocycles. The highest BCUT2D eigenvalue weighted by Gasteiger charge is 2.16. The minimum atomic E-state index is -0.475. The molecule has 0 spiro atoms. The van der Waals surface area contributed by atoms with Crippen LogP contribution in [0.3, 0.4) is 0 Å². The normalized spacial score (nSPS) is 10.0. The third-order valence-electron chi connectivity index (χ3n) is 4.96. The summed E-state index contributed by atoms with van der Waals surface area (Å²) in [7, 11) is 0. The molecule has 0 aliphatic rings. The Morgan fingerprint density at radius 2 is 1.77 bits per heavy atom. The van der Waals surface area contributed by atoms with Crippen molar-refractivity contribution in [1.82, 2.24) is 9.55 Å². The Kier molecular flexibility index (Phi) is 11.8. The maximum Gasteiger partial charge on any atom is 0.326 e. The molecule has 3 rings (SSSR count). The fourth-order valence-corrected chi connectivity index (χ4v) is 3.19. The van der Waals surface area contributed by atoms with E-state index >= 15 is 0 Å². The molecule has 0 saturated heterocycles. The van der Waals surface area contributed by atoms with Gasteiger partial charge in [0.15, 0.2) is 5.82 Å². The summed E-state index contributed by atoms with van der Waals surface area (Å²) < 4.78 is 6.63. The highest BCUT2D eigenvalue weighted by atomic mass is 16.5. The SMILES string of the molecule is CCC.CCCCOC(=O)Cn1c(-c2ccc(C#N)cc2)cnc(NCCc2ccccc2)c1=O. The fourth-order valence-electron chi connectivity index (χ4n) is 3.19. The highest BCUT2D eigenvalue weighted by molar-refractivity contribution is 5.71. The predicted molar refractivity (Wildman–Crippen MR) is 139 cm³/mol. The van der Waals surface area contributed by atoms with Crippen LogP contribution in [-0.2, 0) is 22.5 Å². The van der Waals surface area contributed by atoms with E-state index in [1.54, 1.807) is 30.5 Å². The van der Waals surface area contributed by atoms with E-state index in [0.29, 0.717) is 30.0 Å². The zero-order chi connectivity index (χ0) is 25.5. The number of nitrogens with zero attached hydrogens (tertiary/aromatic N) is 3. The summed E-state index contributed by atoms with van der Waals surface area (Å²) in [5.74, 6) is -0.295. The third kappa shape index (κ3) is 8.74. The molecule has 7 nitrogen and oxygen atoms in total. The molecule has 0 fully saturated rings. The first kappa shape index (κ1) is 27.3. The number of aromatic nitrogens is 2. The highest BCUT2D eigenvalue weighted by Crippen LogP contribution is 2.19. The van der Waals surface area contributed by atoms with Crippen molar-refractivity contribution < 1.29 is 9.53 Å². The van der Waals surface area contributed by atoms with Gasteiger partial charge in [0, 0.05) is 6.54 Å². The molecular weight excluding hydrogens is 440 g/mol. The Bertz CT molecular complexity index is 1150. The van der Waals surface area contributed by atoms with Crippen molar-refractivity contribution in [2.75, 3.05) is 18.5 Å². The Balaban J connectivity index is 0.00000137. The smallest absolute Gasteiger partial charge is 0.326 e. The summed E-state index contributed by atoms with van der Waals surface area (Å²) in [6.07, 6.45) is 5.23. The zero-order valence-electron chi connectivity index (χ0n) is 20.8. The van der Waals surface area contributed by atoms with Gasteiger partial charge in [-0.3, -0.25) is 14.2 Å². The van der Waals surface area contributed by atoms with Crippen LogP contribution in [0.2, 0.25) is 0 Å².